The number of aryl methyl sites for hydroxylation is 3. The average Bonchev–Trinajstić information content (AvgIpc) is 3.14. The molecular weight excluding hydrogens is 286 g/mol. The van der Waals surface area contributed by atoms with Crippen molar-refractivity contribution in [2.75, 3.05) is 5.32 Å². The van der Waals surface area contributed by atoms with Gasteiger partial charge in [-0.1, -0.05) is 18.2 Å². The lowest BCUT2D eigenvalue weighted by molar-refractivity contribution is -0.116. The van der Waals surface area contributed by atoms with Crippen molar-refractivity contribution in [3.8, 4) is 0 Å². The normalized spacial score (nSPS) is 13.3. The van der Waals surface area contributed by atoms with Gasteiger partial charge in [-0.25, -0.2) is 4.98 Å². The fourth-order valence-electron chi connectivity index (χ4n) is 3.44. The molecule has 116 valence electrons. The summed E-state index contributed by atoms with van der Waals surface area (Å²) >= 11 is 0. The Morgan fingerprint density at radius 1 is 1.22 bits per heavy atom. The van der Waals surface area contributed by atoms with E-state index >= 15 is 0 Å². The predicted molar refractivity (Wildman–Crippen MR) is 91.6 cm³/mol. The van der Waals surface area contributed by atoms with Crippen LogP contribution in [0.1, 0.15) is 23.1 Å². The zero-order valence-electron chi connectivity index (χ0n) is 13.2. The molecule has 1 amide bonds. The van der Waals surface area contributed by atoms with E-state index in [1.165, 1.54) is 17.5 Å². The molecule has 1 heterocycles. The molecule has 1 aliphatic carbocycles. The maximum Gasteiger partial charge on any atom is 0.244 e. The quantitative estimate of drug-likeness (QED) is 0.805. The third kappa shape index (κ3) is 2.61. The number of rotatable bonds is 3. The molecule has 3 aromatic rings. The summed E-state index contributed by atoms with van der Waals surface area (Å²) in [6.45, 7) is 2.32. The minimum atomic E-state index is -0.0227. The number of imidazole rings is 1. The number of carbonyl (C=O) groups excluding carboxylic acids is 1. The summed E-state index contributed by atoms with van der Waals surface area (Å²) in [4.78, 5) is 16.7. The Labute approximate surface area is 135 Å². The standard InChI is InChI=1S/C19H19N3O/c1-13-4-2-7-17-19(13)22(12-20-17)11-18(23)21-16-9-8-14-5-3-6-15(14)10-16/h2,4,7-10,12H,3,5-6,11H2,1H3,(H,21,23). The molecule has 0 atom stereocenters. The van der Waals surface area contributed by atoms with Crippen molar-refractivity contribution in [3.63, 3.8) is 0 Å². The van der Waals surface area contributed by atoms with Crippen molar-refractivity contribution >= 4 is 22.6 Å². The Hall–Kier alpha value is -2.62. The van der Waals surface area contributed by atoms with Crippen molar-refractivity contribution in [2.45, 2.75) is 32.7 Å². The number of hydrogen-bond donors (Lipinski definition) is 1. The number of anilines is 1. The van der Waals surface area contributed by atoms with Gasteiger partial charge in [0.05, 0.1) is 17.4 Å². The van der Waals surface area contributed by atoms with Gasteiger partial charge in [-0.15, -0.1) is 0 Å². The van der Waals surface area contributed by atoms with Gasteiger partial charge in [0, 0.05) is 5.69 Å². The molecule has 0 fully saturated rings. The van der Waals surface area contributed by atoms with E-state index in [4.69, 9.17) is 0 Å². The second-order valence-corrected chi connectivity index (χ2v) is 6.20. The molecule has 0 saturated heterocycles. The van der Waals surface area contributed by atoms with Crippen LogP contribution in [0.25, 0.3) is 11.0 Å². The third-order valence-electron chi connectivity index (χ3n) is 4.54. The molecule has 0 spiro atoms. The van der Waals surface area contributed by atoms with E-state index in [2.05, 4.69) is 22.4 Å². The van der Waals surface area contributed by atoms with E-state index < -0.39 is 0 Å². The Morgan fingerprint density at radius 2 is 2.09 bits per heavy atom. The van der Waals surface area contributed by atoms with Crippen molar-refractivity contribution in [2.24, 2.45) is 0 Å². The topological polar surface area (TPSA) is 46.9 Å². The van der Waals surface area contributed by atoms with Gasteiger partial charge in [0.15, 0.2) is 0 Å². The number of carbonyl (C=O) groups is 1. The number of para-hydroxylation sites is 1. The lowest BCUT2D eigenvalue weighted by atomic mass is 10.1. The fraction of sp³-hybridized carbons (Fsp3) is 0.263. The Kier molecular flexibility index (Phi) is 3.37. The molecule has 1 N–H and O–H groups in total. The Bertz CT molecular complexity index is 895. The summed E-state index contributed by atoms with van der Waals surface area (Å²) in [6, 6.07) is 12.2. The zero-order chi connectivity index (χ0) is 15.8. The van der Waals surface area contributed by atoms with Crippen LogP contribution in [0.15, 0.2) is 42.7 Å². The summed E-state index contributed by atoms with van der Waals surface area (Å²) in [7, 11) is 0. The van der Waals surface area contributed by atoms with Crippen molar-refractivity contribution in [1.82, 2.24) is 9.55 Å². The van der Waals surface area contributed by atoms with Crippen LogP contribution in [0.5, 0.6) is 0 Å². The Morgan fingerprint density at radius 3 is 3.00 bits per heavy atom. The molecule has 0 radical (unpaired) electrons. The summed E-state index contributed by atoms with van der Waals surface area (Å²) < 4.78 is 1.91. The molecule has 0 aliphatic heterocycles. The highest BCUT2D eigenvalue weighted by Gasteiger charge is 2.13. The van der Waals surface area contributed by atoms with Crippen LogP contribution < -0.4 is 5.32 Å². The molecule has 2 aromatic carbocycles. The molecule has 0 bridgehead atoms. The maximum atomic E-state index is 12.4. The SMILES string of the molecule is Cc1cccc2ncn(CC(=O)Nc3ccc4c(c3)CCC4)c12. The number of aromatic nitrogens is 2. The highest BCUT2D eigenvalue weighted by molar-refractivity contribution is 5.92. The van der Waals surface area contributed by atoms with E-state index in [1.807, 2.05) is 35.8 Å². The molecule has 4 rings (SSSR count). The lowest BCUT2D eigenvalue weighted by Gasteiger charge is -2.09. The summed E-state index contributed by atoms with van der Waals surface area (Å²) in [5.74, 6) is -0.0227. The largest absolute Gasteiger partial charge is 0.325 e. The molecule has 0 unspecified atom stereocenters. The molecule has 1 aromatic heterocycles. The number of fused-ring (bicyclic) bond motifs is 2. The molecular formula is C19H19N3O. The number of amides is 1. The number of nitrogens with zero attached hydrogens (tertiary/aromatic N) is 2. The molecule has 23 heavy (non-hydrogen) atoms. The van der Waals surface area contributed by atoms with Crippen LogP contribution in [-0.2, 0) is 24.2 Å². The van der Waals surface area contributed by atoms with Gasteiger partial charge in [0.1, 0.15) is 6.54 Å². The van der Waals surface area contributed by atoms with E-state index in [9.17, 15) is 4.79 Å². The van der Waals surface area contributed by atoms with Gasteiger partial charge >= 0.3 is 0 Å². The predicted octanol–water partition coefficient (Wildman–Crippen LogP) is 3.47. The molecule has 4 nitrogen and oxygen atoms in total. The molecule has 1 aliphatic rings. The molecule has 4 heteroatoms. The van der Waals surface area contributed by atoms with Gasteiger partial charge < -0.3 is 9.88 Å². The van der Waals surface area contributed by atoms with Crippen LogP contribution >= 0.6 is 0 Å². The van der Waals surface area contributed by atoms with E-state index in [-0.39, 0.29) is 12.5 Å². The van der Waals surface area contributed by atoms with Crippen LogP contribution in [0.2, 0.25) is 0 Å². The first-order valence-electron chi connectivity index (χ1n) is 8.03. The third-order valence-corrected chi connectivity index (χ3v) is 4.54. The van der Waals surface area contributed by atoms with Crippen molar-refractivity contribution < 1.29 is 4.79 Å². The zero-order valence-corrected chi connectivity index (χ0v) is 13.2. The second-order valence-electron chi connectivity index (χ2n) is 6.20. The van der Waals surface area contributed by atoms with Crippen LogP contribution in [0, 0.1) is 6.92 Å². The second kappa shape index (κ2) is 5.54. The van der Waals surface area contributed by atoms with Crippen LogP contribution in [-0.4, -0.2) is 15.5 Å². The minimum Gasteiger partial charge on any atom is -0.325 e. The minimum absolute atomic E-state index is 0.0227. The number of nitrogens with one attached hydrogen (secondary N) is 1. The van der Waals surface area contributed by atoms with Gasteiger partial charge in [-0.05, 0) is 61.1 Å². The van der Waals surface area contributed by atoms with E-state index in [0.717, 1.165) is 35.1 Å². The van der Waals surface area contributed by atoms with E-state index in [1.54, 1.807) is 6.33 Å². The monoisotopic (exact) mass is 305 g/mol. The number of hydrogen-bond acceptors (Lipinski definition) is 2. The van der Waals surface area contributed by atoms with Crippen molar-refractivity contribution in [3.05, 3.63) is 59.4 Å². The fourth-order valence-corrected chi connectivity index (χ4v) is 3.44. The average molecular weight is 305 g/mol. The summed E-state index contributed by atoms with van der Waals surface area (Å²) in [6.07, 6.45) is 5.22. The first-order valence-corrected chi connectivity index (χ1v) is 8.03. The van der Waals surface area contributed by atoms with Gasteiger partial charge in [-0.3, -0.25) is 4.79 Å². The molecule has 0 saturated carbocycles. The van der Waals surface area contributed by atoms with Crippen LogP contribution in [0.4, 0.5) is 5.69 Å². The Balaban J connectivity index is 1.53. The van der Waals surface area contributed by atoms with Crippen molar-refractivity contribution in [1.29, 1.82) is 0 Å². The van der Waals surface area contributed by atoms with Gasteiger partial charge in [-0.2, -0.15) is 0 Å². The summed E-state index contributed by atoms with van der Waals surface area (Å²) in [5.41, 5.74) is 6.75. The van der Waals surface area contributed by atoms with Gasteiger partial charge in [0.25, 0.3) is 0 Å². The first-order chi connectivity index (χ1) is 11.2. The first kappa shape index (κ1) is 14.0. The lowest BCUT2D eigenvalue weighted by Crippen LogP contribution is -2.18. The highest BCUT2D eigenvalue weighted by atomic mass is 16.1. The smallest absolute Gasteiger partial charge is 0.244 e. The number of benzene rings is 2. The van der Waals surface area contributed by atoms with Crippen LogP contribution in [0.3, 0.4) is 0 Å². The summed E-state index contributed by atoms with van der Waals surface area (Å²) in [5, 5.41) is 3.01. The van der Waals surface area contributed by atoms with E-state index in [0.29, 0.717) is 0 Å². The maximum absolute atomic E-state index is 12.4. The highest BCUT2D eigenvalue weighted by Crippen LogP contribution is 2.25. The van der Waals surface area contributed by atoms with Gasteiger partial charge in [0.2, 0.25) is 5.91 Å².